The van der Waals surface area contributed by atoms with Crippen LogP contribution < -0.4 is 0 Å². The highest BCUT2D eigenvalue weighted by molar-refractivity contribution is 4.60. The largest absolute Gasteiger partial charge is 0.353 e. The molecular formula is C9H20O2. The van der Waals surface area contributed by atoms with Crippen LogP contribution >= 0.6 is 0 Å². The molecule has 0 aliphatic rings. The van der Waals surface area contributed by atoms with Gasteiger partial charge in [0.05, 0.1) is 5.60 Å². The van der Waals surface area contributed by atoms with Gasteiger partial charge in [-0.15, -0.1) is 0 Å². The molecule has 0 aromatic carbocycles. The van der Waals surface area contributed by atoms with E-state index in [1.54, 1.807) is 0 Å². The fraction of sp³-hybridized carbons (Fsp3) is 1.00. The molecule has 0 rings (SSSR count). The summed E-state index contributed by atoms with van der Waals surface area (Å²) < 4.78 is 11.0. The Balaban J connectivity index is 3.68. The van der Waals surface area contributed by atoms with Crippen molar-refractivity contribution >= 4 is 0 Å². The number of hydrogen-bond donors (Lipinski definition) is 0. The molecule has 2 nitrogen and oxygen atoms in total. The Labute approximate surface area is 69.9 Å². The Kier molecular flexibility index (Phi) is 4.69. The quantitative estimate of drug-likeness (QED) is 0.588. The van der Waals surface area contributed by atoms with Gasteiger partial charge >= 0.3 is 0 Å². The fourth-order valence-electron chi connectivity index (χ4n) is 0.815. The van der Waals surface area contributed by atoms with E-state index in [1.807, 2.05) is 27.7 Å². The van der Waals surface area contributed by atoms with Crippen molar-refractivity contribution < 1.29 is 9.47 Å². The molecule has 2 heteroatoms. The van der Waals surface area contributed by atoms with E-state index in [4.69, 9.17) is 9.47 Å². The lowest BCUT2D eigenvalue weighted by atomic mass is 10.2. The van der Waals surface area contributed by atoms with Crippen LogP contribution in [0.4, 0.5) is 0 Å². The molecule has 0 amide bonds. The van der Waals surface area contributed by atoms with Gasteiger partial charge in [0, 0.05) is 6.61 Å². The Morgan fingerprint density at radius 2 is 1.73 bits per heavy atom. The Hall–Kier alpha value is -0.0800. The maximum absolute atomic E-state index is 5.61. The lowest BCUT2D eigenvalue weighted by molar-refractivity contribution is -0.193. The van der Waals surface area contributed by atoms with Gasteiger partial charge in [0.2, 0.25) is 0 Å². The SMILES string of the molecule is CCOC(CC)OC(C)(C)C. The topological polar surface area (TPSA) is 18.5 Å². The Morgan fingerprint density at radius 3 is 2.00 bits per heavy atom. The number of ether oxygens (including phenoxy) is 2. The molecule has 0 N–H and O–H groups in total. The van der Waals surface area contributed by atoms with Crippen molar-refractivity contribution in [3.63, 3.8) is 0 Å². The van der Waals surface area contributed by atoms with Crippen LogP contribution in [0, 0.1) is 0 Å². The Bertz CT molecular complexity index is 94.2. The lowest BCUT2D eigenvalue weighted by Gasteiger charge is -2.26. The van der Waals surface area contributed by atoms with Crippen LogP contribution in [0.3, 0.4) is 0 Å². The molecule has 0 aliphatic carbocycles. The monoisotopic (exact) mass is 160 g/mol. The van der Waals surface area contributed by atoms with Crippen LogP contribution in [0.25, 0.3) is 0 Å². The molecular weight excluding hydrogens is 140 g/mol. The van der Waals surface area contributed by atoms with E-state index in [-0.39, 0.29) is 11.9 Å². The summed E-state index contributed by atoms with van der Waals surface area (Å²) in [5.41, 5.74) is -0.101. The third-order valence-corrected chi connectivity index (χ3v) is 1.17. The predicted molar refractivity (Wildman–Crippen MR) is 46.5 cm³/mol. The Morgan fingerprint density at radius 1 is 1.18 bits per heavy atom. The van der Waals surface area contributed by atoms with Gasteiger partial charge in [0.25, 0.3) is 0 Å². The zero-order valence-electron chi connectivity index (χ0n) is 8.31. The van der Waals surface area contributed by atoms with Gasteiger partial charge < -0.3 is 9.47 Å². The second-order valence-electron chi connectivity index (χ2n) is 3.52. The second-order valence-corrected chi connectivity index (χ2v) is 3.52. The van der Waals surface area contributed by atoms with Gasteiger partial charge in [-0.1, -0.05) is 6.92 Å². The van der Waals surface area contributed by atoms with Crippen LogP contribution in [-0.4, -0.2) is 18.5 Å². The van der Waals surface area contributed by atoms with E-state index >= 15 is 0 Å². The lowest BCUT2D eigenvalue weighted by Crippen LogP contribution is -2.28. The average Bonchev–Trinajstić information content (AvgIpc) is 1.84. The summed E-state index contributed by atoms with van der Waals surface area (Å²) in [6.45, 7) is 10.9. The summed E-state index contributed by atoms with van der Waals surface area (Å²) >= 11 is 0. The van der Waals surface area contributed by atoms with Crippen LogP contribution in [0.2, 0.25) is 0 Å². The van der Waals surface area contributed by atoms with E-state index < -0.39 is 0 Å². The second kappa shape index (κ2) is 4.73. The van der Waals surface area contributed by atoms with Crippen molar-refractivity contribution in [2.24, 2.45) is 0 Å². The molecule has 0 spiro atoms. The van der Waals surface area contributed by atoms with Crippen molar-refractivity contribution in [2.45, 2.75) is 52.9 Å². The molecule has 0 radical (unpaired) electrons. The highest BCUT2D eigenvalue weighted by Gasteiger charge is 2.16. The molecule has 1 unspecified atom stereocenters. The number of hydrogen-bond acceptors (Lipinski definition) is 2. The number of rotatable bonds is 4. The average molecular weight is 160 g/mol. The molecule has 0 aliphatic heterocycles. The van der Waals surface area contributed by atoms with Crippen LogP contribution in [-0.2, 0) is 9.47 Å². The molecule has 11 heavy (non-hydrogen) atoms. The molecule has 0 aromatic rings. The van der Waals surface area contributed by atoms with Gasteiger partial charge in [-0.05, 0) is 34.1 Å². The summed E-state index contributed by atoms with van der Waals surface area (Å²) in [6.07, 6.45) is 0.866. The van der Waals surface area contributed by atoms with Crippen molar-refractivity contribution in [3.8, 4) is 0 Å². The van der Waals surface area contributed by atoms with E-state index in [0.29, 0.717) is 6.61 Å². The molecule has 0 bridgehead atoms. The third-order valence-electron chi connectivity index (χ3n) is 1.17. The van der Waals surface area contributed by atoms with E-state index in [9.17, 15) is 0 Å². The minimum absolute atomic E-state index is 0.0417. The van der Waals surface area contributed by atoms with E-state index in [2.05, 4.69) is 6.92 Å². The van der Waals surface area contributed by atoms with Crippen molar-refractivity contribution in [1.82, 2.24) is 0 Å². The first-order valence-electron chi connectivity index (χ1n) is 4.29. The normalized spacial score (nSPS) is 15.0. The van der Waals surface area contributed by atoms with Crippen LogP contribution in [0.1, 0.15) is 41.0 Å². The van der Waals surface area contributed by atoms with Gasteiger partial charge in [0.15, 0.2) is 6.29 Å². The molecule has 0 aromatic heterocycles. The smallest absolute Gasteiger partial charge is 0.158 e. The minimum Gasteiger partial charge on any atom is -0.353 e. The van der Waals surface area contributed by atoms with Crippen molar-refractivity contribution in [2.75, 3.05) is 6.61 Å². The van der Waals surface area contributed by atoms with Crippen molar-refractivity contribution in [1.29, 1.82) is 0 Å². The third kappa shape index (κ3) is 6.32. The highest BCUT2D eigenvalue weighted by Crippen LogP contribution is 2.13. The van der Waals surface area contributed by atoms with Crippen LogP contribution in [0.15, 0.2) is 0 Å². The molecule has 1 atom stereocenters. The molecule has 0 heterocycles. The first-order chi connectivity index (χ1) is 4.99. The summed E-state index contributed by atoms with van der Waals surface area (Å²) in [7, 11) is 0. The van der Waals surface area contributed by atoms with Gasteiger partial charge in [-0.3, -0.25) is 0 Å². The molecule has 0 fully saturated rings. The van der Waals surface area contributed by atoms with E-state index in [0.717, 1.165) is 6.42 Å². The van der Waals surface area contributed by atoms with E-state index in [1.165, 1.54) is 0 Å². The molecule has 0 saturated carbocycles. The zero-order chi connectivity index (χ0) is 8.91. The highest BCUT2D eigenvalue weighted by atomic mass is 16.7. The standard InChI is InChI=1S/C9H20O2/c1-6-8(10-7-2)11-9(3,4)5/h8H,6-7H2,1-5H3. The minimum atomic E-state index is -0.101. The fourth-order valence-corrected chi connectivity index (χ4v) is 0.815. The maximum Gasteiger partial charge on any atom is 0.158 e. The van der Waals surface area contributed by atoms with Gasteiger partial charge in [-0.25, -0.2) is 0 Å². The zero-order valence-corrected chi connectivity index (χ0v) is 8.31. The van der Waals surface area contributed by atoms with Crippen molar-refractivity contribution in [3.05, 3.63) is 0 Å². The summed E-state index contributed by atoms with van der Waals surface area (Å²) in [6, 6.07) is 0. The maximum atomic E-state index is 5.61. The molecule has 68 valence electrons. The molecule has 0 saturated heterocycles. The summed E-state index contributed by atoms with van der Waals surface area (Å²) in [5, 5.41) is 0. The van der Waals surface area contributed by atoms with Crippen LogP contribution in [0.5, 0.6) is 0 Å². The first-order valence-corrected chi connectivity index (χ1v) is 4.29. The first kappa shape index (κ1) is 10.9. The summed E-state index contributed by atoms with van der Waals surface area (Å²) in [4.78, 5) is 0. The predicted octanol–water partition coefficient (Wildman–Crippen LogP) is 2.57. The van der Waals surface area contributed by atoms with Gasteiger partial charge in [0.1, 0.15) is 0 Å². The summed E-state index contributed by atoms with van der Waals surface area (Å²) in [5.74, 6) is 0. The van der Waals surface area contributed by atoms with Gasteiger partial charge in [-0.2, -0.15) is 0 Å².